The molecule has 0 bridgehead atoms. The minimum atomic E-state index is -0.310. The van der Waals surface area contributed by atoms with Crippen molar-refractivity contribution in [2.45, 2.75) is 20.3 Å². The van der Waals surface area contributed by atoms with Crippen LogP contribution in [0.1, 0.15) is 17.6 Å². The summed E-state index contributed by atoms with van der Waals surface area (Å²) < 4.78 is 4.96. The van der Waals surface area contributed by atoms with E-state index in [0.717, 1.165) is 10.6 Å². The van der Waals surface area contributed by atoms with E-state index in [1.165, 1.54) is 11.3 Å². The zero-order valence-electron chi connectivity index (χ0n) is 14.5. The zero-order chi connectivity index (χ0) is 18.2. The summed E-state index contributed by atoms with van der Waals surface area (Å²) in [5, 5.41) is 2.59. The maximum atomic E-state index is 11.9. The Morgan fingerprint density at radius 2 is 1.96 bits per heavy atom. The standard InChI is InChI=1S/C15H23N5O4S/c1-3-24-15(23)20-6-4-19(5-7-20)9-13(22)18-17-12(21)8-14-16-11(2)10-25-14/h10H,3-9H2,1-2H3,(H,17,21)(H,18,22)/p+1. The molecule has 10 heteroatoms. The SMILES string of the molecule is CCOC(=O)N1CC[NH+](CC(=O)NNC(=O)Cc2nc(C)cs2)CC1. The molecule has 9 nitrogen and oxygen atoms in total. The maximum absolute atomic E-state index is 11.9. The first-order chi connectivity index (χ1) is 12.0. The average Bonchev–Trinajstić information content (AvgIpc) is 2.99. The van der Waals surface area contributed by atoms with Gasteiger partial charge in [-0.1, -0.05) is 0 Å². The topological polar surface area (TPSA) is 105 Å². The first kappa shape index (κ1) is 19.1. The van der Waals surface area contributed by atoms with Crippen LogP contribution in [0.25, 0.3) is 0 Å². The van der Waals surface area contributed by atoms with Crippen molar-refractivity contribution in [3.63, 3.8) is 0 Å². The number of rotatable bonds is 5. The fourth-order valence-electron chi connectivity index (χ4n) is 2.47. The van der Waals surface area contributed by atoms with Crippen molar-refractivity contribution in [1.29, 1.82) is 0 Å². The summed E-state index contributed by atoms with van der Waals surface area (Å²) in [6, 6.07) is 0. The summed E-state index contributed by atoms with van der Waals surface area (Å²) in [7, 11) is 0. The summed E-state index contributed by atoms with van der Waals surface area (Å²) in [6.07, 6.45) is -0.167. The molecule has 0 saturated carbocycles. The monoisotopic (exact) mass is 370 g/mol. The smallest absolute Gasteiger partial charge is 0.410 e. The minimum Gasteiger partial charge on any atom is -0.450 e. The molecule has 1 aromatic heterocycles. The summed E-state index contributed by atoms with van der Waals surface area (Å²) in [4.78, 5) is 42.2. The molecule has 0 unspecified atom stereocenters. The largest absolute Gasteiger partial charge is 0.450 e. The fourth-order valence-corrected chi connectivity index (χ4v) is 3.24. The number of carbonyl (C=O) groups excluding carboxylic acids is 3. The van der Waals surface area contributed by atoms with Crippen LogP contribution in [0.4, 0.5) is 4.79 Å². The summed E-state index contributed by atoms with van der Waals surface area (Å²) in [5.41, 5.74) is 5.70. The Hall–Kier alpha value is -2.20. The second-order valence-electron chi connectivity index (χ2n) is 5.77. The lowest BCUT2D eigenvalue weighted by atomic mass is 10.3. The first-order valence-electron chi connectivity index (χ1n) is 8.22. The Morgan fingerprint density at radius 1 is 1.28 bits per heavy atom. The van der Waals surface area contributed by atoms with E-state index in [9.17, 15) is 14.4 Å². The Morgan fingerprint density at radius 3 is 2.56 bits per heavy atom. The molecule has 2 rings (SSSR count). The second-order valence-corrected chi connectivity index (χ2v) is 6.71. The third-order valence-corrected chi connectivity index (χ3v) is 4.69. The van der Waals surface area contributed by atoms with Crippen LogP contribution in [0.2, 0.25) is 0 Å². The molecule has 25 heavy (non-hydrogen) atoms. The molecule has 0 radical (unpaired) electrons. The number of aryl methyl sites for hydroxylation is 1. The van der Waals surface area contributed by atoms with E-state index in [0.29, 0.717) is 37.8 Å². The van der Waals surface area contributed by atoms with Crippen LogP contribution < -0.4 is 15.8 Å². The van der Waals surface area contributed by atoms with Crippen molar-refractivity contribution >= 4 is 29.2 Å². The highest BCUT2D eigenvalue weighted by molar-refractivity contribution is 7.09. The van der Waals surface area contributed by atoms with Crippen molar-refractivity contribution in [3.05, 3.63) is 16.1 Å². The van der Waals surface area contributed by atoms with E-state index < -0.39 is 0 Å². The van der Waals surface area contributed by atoms with Gasteiger partial charge in [0.05, 0.1) is 39.2 Å². The Bertz CT molecular complexity index is 613. The molecular weight excluding hydrogens is 346 g/mol. The third-order valence-electron chi connectivity index (χ3n) is 3.73. The molecule has 3 amide bonds. The van der Waals surface area contributed by atoms with Crippen LogP contribution >= 0.6 is 11.3 Å². The molecule has 1 saturated heterocycles. The van der Waals surface area contributed by atoms with E-state index in [4.69, 9.17) is 4.74 Å². The number of nitrogens with one attached hydrogen (secondary N) is 3. The second kappa shape index (κ2) is 9.33. The number of hydrogen-bond acceptors (Lipinski definition) is 6. The summed E-state index contributed by atoms with van der Waals surface area (Å²) in [5.74, 6) is -0.562. The lowest BCUT2D eigenvalue weighted by molar-refractivity contribution is -0.896. The van der Waals surface area contributed by atoms with Crippen LogP contribution in [0.5, 0.6) is 0 Å². The number of hydrazine groups is 1. The number of ether oxygens (including phenoxy) is 1. The molecule has 1 aliphatic rings. The minimum absolute atomic E-state index is 0.143. The summed E-state index contributed by atoms with van der Waals surface area (Å²) in [6.45, 7) is 6.67. The molecule has 138 valence electrons. The molecule has 0 spiro atoms. The quantitative estimate of drug-likeness (QED) is 0.547. The van der Waals surface area contributed by atoms with Gasteiger partial charge in [0.1, 0.15) is 5.01 Å². The summed E-state index contributed by atoms with van der Waals surface area (Å²) >= 11 is 1.42. The molecule has 1 aromatic rings. The maximum Gasteiger partial charge on any atom is 0.410 e. The molecule has 1 aliphatic heterocycles. The lowest BCUT2D eigenvalue weighted by Gasteiger charge is -2.31. The van der Waals surface area contributed by atoms with Gasteiger partial charge in [-0.3, -0.25) is 25.3 Å². The van der Waals surface area contributed by atoms with Crippen molar-refractivity contribution in [2.24, 2.45) is 0 Å². The predicted octanol–water partition coefficient (Wildman–Crippen LogP) is -1.50. The zero-order valence-corrected chi connectivity index (χ0v) is 15.3. The normalized spacial score (nSPS) is 14.9. The third kappa shape index (κ3) is 6.31. The van der Waals surface area contributed by atoms with Gasteiger partial charge in [-0.2, -0.15) is 0 Å². The number of carbonyl (C=O) groups is 3. The van der Waals surface area contributed by atoms with Gasteiger partial charge in [-0.25, -0.2) is 9.78 Å². The van der Waals surface area contributed by atoms with Crippen LogP contribution in [0.15, 0.2) is 5.38 Å². The van der Waals surface area contributed by atoms with E-state index in [1.54, 1.807) is 11.8 Å². The average molecular weight is 370 g/mol. The molecule has 0 atom stereocenters. The molecule has 3 N–H and O–H groups in total. The molecule has 1 fully saturated rings. The number of thiazole rings is 1. The van der Waals surface area contributed by atoms with Crippen LogP contribution in [-0.4, -0.2) is 67.1 Å². The predicted molar refractivity (Wildman–Crippen MR) is 91.0 cm³/mol. The van der Waals surface area contributed by atoms with Gasteiger partial charge >= 0.3 is 6.09 Å². The lowest BCUT2D eigenvalue weighted by Crippen LogP contribution is -3.16. The fraction of sp³-hybridized carbons (Fsp3) is 0.600. The van der Waals surface area contributed by atoms with Gasteiger partial charge in [-0.05, 0) is 13.8 Å². The Kier molecular flexibility index (Phi) is 7.14. The van der Waals surface area contributed by atoms with E-state index in [-0.39, 0.29) is 30.9 Å². The number of aromatic nitrogens is 1. The van der Waals surface area contributed by atoms with Gasteiger partial charge in [0.25, 0.3) is 5.91 Å². The molecule has 0 aliphatic carbocycles. The van der Waals surface area contributed by atoms with E-state index in [2.05, 4.69) is 15.8 Å². The van der Waals surface area contributed by atoms with Gasteiger partial charge < -0.3 is 9.64 Å². The number of hydrogen-bond donors (Lipinski definition) is 3. The highest BCUT2D eigenvalue weighted by Gasteiger charge is 2.25. The highest BCUT2D eigenvalue weighted by atomic mass is 32.1. The van der Waals surface area contributed by atoms with E-state index >= 15 is 0 Å². The number of nitrogens with zero attached hydrogens (tertiary/aromatic N) is 2. The highest BCUT2D eigenvalue weighted by Crippen LogP contribution is 2.08. The van der Waals surface area contributed by atoms with Gasteiger partial charge in [-0.15, -0.1) is 11.3 Å². The van der Waals surface area contributed by atoms with Gasteiger partial charge in [0.15, 0.2) is 6.54 Å². The number of piperazine rings is 1. The van der Waals surface area contributed by atoms with Crippen molar-refractivity contribution in [3.8, 4) is 0 Å². The van der Waals surface area contributed by atoms with Crippen molar-refractivity contribution in [1.82, 2.24) is 20.7 Å². The van der Waals surface area contributed by atoms with Crippen LogP contribution in [0, 0.1) is 6.92 Å². The van der Waals surface area contributed by atoms with Crippen LogP contribution in [0.3, 0.4) is 0 Å². The Balaban J connectivity index is 1.64. The Labute approximate surface area is 150 Å². The number of quaternary nitrogens is 1. The van der Waals surface area contributed by atoms with Crippen molar-refractivity contribution in [2.75, 3.05) is 39.3 Å². The van der Waals surface area contributed by atoms with Crippen LogP contribution in [-0.2, 0) is 20.7 Å². The van der Waals surface area contributed by atoms with Gasteiger partial charge in [0, 0.05) is 11.1 Å². The van der Waals surface area contributed by atoms with Crippen molar-refractivity contribution < 1.29 is 24.0 Å². The van der Waals surface area contributed by atoms with E-state index in [1.807, 2.05) is 12.3 Å². The number of amides is 3. The molecule has 2 heterocycles. The van der Waals surface area contributed by atoms with Gasteiger partial charge in [0.2, 0.25) is 5.91 Å². The molecule has 0 aromatic carbocycles. The molecular formula is C15H24N5O4S+. The first-order valence-corrected chi connectivity index (χ1v) is 9.10.